The Morgan fingerprint density at radius 2 is 1.19 bits per heavy atom. The molecule has 1 rings (SSSR count). The highest BCUT2D eigenvalue weighted by molar-refractivity contribution is 5.69. The summed E-state index contributed by atoms with van der Waals surface area (Å²) in [7, 11) is 4.45. The Morgan fingerprint density at radius 1 is 0.694 bits per heavy atom. The van der Waals surface area contributed by atoms with Crippen LogP contribution in [0.4, 0.5) is 0 Å². The molecule has 3 heteroatoms. The standard InChI is InChI=1S/C33H65NO2/c1-5-7-8-12-17-22-30(27-28-34(3)4)23-18-13-9-10-14-19-24-31-29-32(31)25-20-15-11-16-21-26-33(35)36-6-2/h30-32H,5-29H2,1-4H3. The zero-order chi connectivity index (χ0) is 26.3. The van der Waals surface area contributed by atoms with Gasteiger partial charge in [0.25, 0.3) is 0 Å². The summed E-state index contributed by atoms with van der Waals surface area (Å²) in [5, 5.41) is 0. The van der Waals surface area contributed by atoms with E-state index in [-0.39, 0.29) is 5.97 Å². The van der Waals surface area contributed by atoms with Crippen molar-refractivity contribution in [2.45, 2.75) is 162 Å². The number of hydrogen-bond donors (Lipinski definition) is 0. The second-order valence-corrected chi connectivity index (χ2v) is 12.2. The molecule has 1 aliphatic carbocycles. The van der Waals surface area contributed by atoms with Crippen LogP contribution in [0.15, 0.2) is 0 Å². The first kappa shape index (κ1) is 33.5. The maximum absolute atomic E-state index is 11.3. The first-order valence-corrected chi connectivity index (χ1v) is 16.4. The molecule has 0 aromatic heterocycles. The lowest BCUT2D eigenvalue weighted by molar-refractivity contribution is -0.143. The van der Waals surface area contributed by atoms with Crippen molar-refractivity contribution < 1.29 is 9.53 Å². The summed E-state index contributed by atoms with van der Waals surface area (Å²) in [5.74, 6) is 3.05. The van der Waals surface area contributed by atoms with E-state index in [1.54, 1.807) is 0 Å². The van der Waals surface area contributed by atoms with E-state index < -0.39 is 0 Å². The molecule has 0 amide bonds. The maximum Gasteiger partial charge on any atom is 0.305 e. The van der Waals surface area contributed by atoms with Crippen molar-refractivity contribution in [1.82, 2.24) is 4.90 Å². The van der Waals surface area contributed by atoms with Gasteiger partial charge in [-0.3, -0.25) is 4.79 Å². The molecule has 0 saturated heterocycles. The van der Waals surface area contributed by atoms with Crippen molar-refractivity contribution in [3.63, 3.8) is 0 Å². The summed E-state index contributed by atoms with van der Waals surface area (Å²) in [6.07, 6.45) is 31.5. The van der Waals surface area contributed by atoms with Crippen LogP contribution in [0.2, 0.25) is 0 Å². The molecule has 3 atom stereocenters. The van der Waals surface area contributed by atoms with Crippen LogP contribution in [0, 0.1) is 17.8 Å². The van der Waals surface area contributed by atoms with Crippen LogP contribution in [0.1, 0.15) is 162 Å². The molecule has 3 unspecified atom stereocenters. The van der Waals surface area contributed by atoms with E-state index in [9.17, 15) is 4.79 Å². The van der Waals surface area contributed by atoms with Crippen molar-refractivity contribution in [3.05, 3.63) is 0 Å². The second kappa shape index (κ2) is 23.5. The summed E-state index contributed by atoms with van der Waals surface area (Å²) >= 11 is 0. The Hall–Kier alpha value is -0.570. The minimum absolute atomic E-state index is 0.0222. The van der Waals surface area contributed by atoms with E-state index in [1.807, 2.05) is 6.92 Å². The molecule has 1 saturated carbocycles. The van der Waals surface area contributed by atoms with Crippen LogP contribution in [-0.2, 0) is 9.53 Å². The summed E-state index contributed by atoms with van der Waals surface area (Å²) in [6, 6.07) is 0. The molecule has 0 spiro atoms. The lowest BCUT2D eigenvalue weighted by Gasteiger charge is -2.19. The third-order valence-electron chi connectivity index (χ3n) is 8.47. The van der Waals surface area contributed by atoms with Gasteiger partial charge in [-0.1, -0.05) is 129 Å². The van der Waals surface area contributed by atoms with Crippen molar-refractivity contribution in [2.24, 2.45) is 17.8 Å². The van der Waals surface area contributed by atoms with Gasteiger partial charge >= 0.3 is 5.97 Å². The molecule has 0 bridgehead atoms. The zero-order valence-corrected chi connectivity index (χ0v) is 25.2. The van der Waals surface area contributed by atoms with Crippen molar-refractivity contribution >= 4 is 5.97 Å². The van der Waals surface area contributed by atoms with Crippen molar-refractivity contribution in [2.75, 3.05) is 27.2 Å². The van der Waals surface area contributed by atoms with Crippen LogP contribution in [0.3, 0.4) is 0 Å². The van der Waals surface area contributed by atoms with Crippen LogP contribution in [-0.4, -0.2) is 38.1 Å². The number of esters is 1. The highest BCUT2D eigenvalue weighted by Crippen LogP contribution is 2.45. The number of nitrogens with zero attached hydrogens (tertiary/aromatic N) is 1. The zero-order valence-electron chi connectivity index (χ0n) is 25.2. The third-order valence-corrected chi connectivity index (χ3v) is 8.47. The lowest BCUT2D eigenvalue weighted by atomic mass is 9.91. The Morgan fingerprint density at radius 3 is 1.72 bits per heavy atom. The number of ether oxygens (including phenoxy) is 1. The quantitative estimate of drug-likeness (QED) is 0.0818. The predicted molar refractivity (Wildman–Crippen MR) is 158 cm³/mol. The average Bonchev–Trinajstić information content (AvgIpc) is 3.60. The molecule has 0 radical (unpaired) electrons. The predicted octanol–water partition coefficient (Wildman–Crippen LogP) is 9.97. The number of hydrogen-bond acceptors (Lipinski definition) is 3. The van der Waals surface area contributed by atoms with Gasteiger partial charge in [0.15, 0.2) is 0 Å². The van der Waals surface area contributed by atoms with Crippen LogP contribution in [0.25, 0.3) is 0 Å². The minimum Gasteiger partial charge on any atom is -0.466 e. The topological polar surface area (TPSA) is 29.5 Å². The summed E-state index contributed by atoms with van der Waals surface area (Å²) < 4.78 is 4.99. The van der Waals surface area contributed by atoms with Gasteiger partial charge in [0.05, 0.1) is 6.61 Å². The molecular weight excluding hydrogens is 442 g/mol. The van der Waals surface area contributed by atoms with Gasteiger partial charge in [0.2, 0.25) is 0 Å². The van der Waals surface area contributed by atoms with Crippen LogP contribution in [0.5, 0.6) is 0 Å². The molecule has 36 heavy (non-hydrogen) atoms. The third kappa shape index (κ3) is 20.5. The van der Waals surface area contributed by atoms with Crippen LogP contribution < -0.4 is 0 Å². The van der Waals surface area contributed by atoms with Crippen molar-refractivity contribution in [3.8, 4) is 0 Å². The molecule has 0 aliphatic heterocycles. The number of rotatable bonds is 27. The lowest BCUT2D eigenvalue weighted by Crippen LogP contribution is -2.17. The SMILES string of the molecule is CCCCCCCC(CCCCCCCCC1CC1CCCCCCCC(=O)OCC)CCN(C)C. The van der Waals surface area contributed by atoms with Gasteiger partial charge in [-0.25, -0.2) is 0 Å². The number of unbranched alkanes of at least 4 members (excludes halogenated alkanes) is 13. The van der Waals surface area contributed by atoms with Gasteiger partial charge in [-0.05, 0) is 64.6 Å². The van der Waals surface area contributed by atoms with Gasteiger partial charge in [-0.15, -0.1) is 0 Å². The molecule has 1 aliphatic rings. The van der Waals surface area contributed by atoms with E-state index >= 15 is 0 Å². The Kier molecular flexibility index (Phi) is 21.9. The molecule has 1 fully saturated rings. The van der Waals surface area contributed by atoms with E-state index in [0.717, 1.165) is 24.2 Å². The summed E-state index contributed by atoms with van der Waals surface area (Å²) in [5.41, 5.74) is 0. The molecule has 214 valence electrons. The van der Waals surface area contributed by atoms with E-state index in [2.05, 4.69) is 25.9 Å². The van der Waals surface area contributed by atoms with Gasteiger partial charge < -0.3 is 9.64 Å². The fourth-order valence-electron chi connectivity index (χ4n) is 5.91. The molecule has 0 heterocycles. The number of carbonyl (C=O) groups is 1. The molecule has 0 aromatic carbocycles. The first-order chi connectivity index (χ1) is 17.6. The Bertz CT molecular complexity index is 492. The second-order valence-electron chi connectivity index (χ2n) is 12.2. The number of carbonyl (C=O) groups excluding carboxylic acids is 1. The highest BCUT2D eigenvalue weighted by Gasteiger charge is 2.34. The highest BCUT2D eigenvalue weighted by atomic mass is 16.5. The molecule has 0 N–H and O–H groups in total. The van der Waals surface area contributed by atoms with Crippen molar-refractivity contribution in [1.29, 1.82) is 0 Å². The van der Waals surface area contributed by atoms with E-state index in [1.165, 1.54) is 141 Å². The van der Waals surface area contributed by atoms with Gasteiger partial charge in [0, 0.05) is 6.42 Å². The minimum atomic E-state index is -0.0222. The summed E-state index contributed by atoms with van der Waals surface area (Å²) in [6.45, 7) is 5.97. The van der Waals surface area contributed by atoms with Crippen LogP contribution >= 0.6 is 0 Å². The molecular formula is C33H65NO2. The molecule has 0 aromatic rings. The fraction of sp³-hybridized carbons (Fsp3) is 0.970. The largest absolute Gasteiger partial charge is 0.466 e. The Balaban J connectivity index is 1.90. The maximum atomic E-state index is 11.3. The molecule has 3 nitrogen and oxygen atoms in total. The smallest absolute Gasteiger partial charge is 0.305 e. The Labute approximate surface area is 226 Å². The van der Waals surface area contributed by atoms with E-state index in [4.69, 9.17) is 4.74 Å². The average molecular weight is 508 g/mol. The first-order valence-electron chi connectivity index (χ1n) is 16.4. The van der Waals surface area contributed by atoms with Gasteiger partial charge in [-0.2, -0.15) is 0 Å². The summed E-state index contributed by atoms with van der Waals surface area (Å²) in [4.78, 5) is 13.7. The van der Waals surface area contributed by atoms with Gasteiger partial charge in [0.1, 0.15) is 0 Å². The normalized spacial score (nSPS) is 18.0. The fourth-order valence-corrected chi connectivity index (χ4v) is 5.91. The monoisotopic (exact) mass is 508 g/mol. The van der Waals surface area contributed by atoms with E-state index in [0.29, 0.717) is 13.0 Å².